The van der Waals surface area contributed by atoms with Crippen LogP contribution in [-0.2, 0) is 14.8 Å². The van der Waals surface area contributed by atoms with Gasteiger partial charge in [0.05, 0.1) is 24.4 Å². The summed E-state index contributed by atoms with van der Waals surface area (Å²) in [5, 5.41) is 0. The average molecular weight is 375 g/mol. The molecule has 1 fully saturated rings. The summed E-state index contributed by atoms with van der Waals surface area (Å²) in [4.78, 5) is 0.208. The highest BCUT2D eigenvalue weighted by molar-refractivity contribution is 7.89. The Kier molecular flexibility index (Phi) is 4.28. The van der Waals surface area contributed by atoms with Gasteiger partial charge in [0.25, 0.3) is 0 Å². The average Bonchev–Trinajstić information content (AvgIpc) is 3.11. The number of nitrogens with zero attached hydrogens (tertiary/aromatic N) is 3. The number of aromatic nitrogens is 2. The Morgan fingerprint density at radius 3 is 2.72 bits per heavy atom. The van der Waals surface area contributed by atoms with E-state index in [9.17, 15) is 8.42 Å². The molecule has 0 radical (unpaired) electrons. The lowest BCUT2D eigenvalue weighted by atomic mass is 10.1. The van der Waals surface area contributed by atoms with Crippen LogP contribution < -0.4 is 0 Å². The van der Waals surface area contributed by atoms with Crippen molar-refractivity contribution in [1.82, 2.24) is 13.1 Å². The summed E-state index contributed by atoms with van der Waals surface area (Å²) in [6.45, 7) is 2.49. The lowest BCUT2D eigenvalue weighted by Crippen LogP contribution is -2.48. The molecule has 2 unspecified atom stereocenters. The second-order valence-corrected chi connectivity index (χ2v) is 8.43. The van der Waals surface area contributed by atoms with Gasteiger partial charge in [-0.2, -0.15) is 13.1 Å². The topological polar surface area (TPSA) is 72.4 Å². The van der Waals surface area contributed by atoms with Gasteiger partial charge in [-0.3, -0.25) is 0 Å². The van der Waals surface area contributed by atoms with Crippen molar-refractivity contribution in [2.75, 3.05) is 13.2 Å². The monoisotopic (exact) mass is 375 g/mol. The van der Waals surface area contributed by atoms with Crippen LogP contribution in [0.15, 0.2) is 53.4 Å². The largest absolute Gasteiger partial charge is 0.370 e. The van der Waals surface area contributed by atoms with Crippen molar-refractivity contribution < 1.29 is 13.2 Å². The number of hydrogen-bond donors (Lipinski definition) is 0. The van der Waals surface area contributed by atoms with Crippen molar-refractivity contribution >= 4 is 32.8 Å². The molecule has 2 atom stereocenters. The molecule has 0 aliphatic carbocycles. The fraction of sp³-hybridized carbons (Fsp3) is 0.294. The van der Waals surface area contributed by atoms with Gasteiger partial charge in [0.1, 0.15) is 15.9 Å². The van der Waals surface area contributed by atoms with E-state index in [2.05, 4.69) is 8.75 Å². The highest BCUT2D eigenvalue weighted by Crippen LogP contribution is 2.31. The van der Waals surface area contributed by atoms with Crippen molar-refractivity contribution in [2.45, 2.75) is 24.0 Å². The van der Waals surface area contributed by atoms with Gasteiger partial charge in [-0.15, -0.1) is 0 Å². The molecule has 3 aromatic rings. The summed E-state index contributed by atoms with van der Waals surface area (Å²) >= 11 is 1.02. The number of hydrogen-bond acceptors (Lipinski definition) is 6. The first-order valence-electron chi connectivity index (χ1n) is 7.97. The Balaban J connectivity index is 1.72. The normalized spacial score (nSPS) is 22.3. The SMILES string of the molecule is CC1COC(c2ccccc2)CN1S(=O)(=O)c1cccc2nsnc12. The lowest BCUT2D eigenvalue weighted by molar-refractivity contribution is -0.0288. The van der Waals surface area contributed by atoms with Crippen LogP contribution in [0.4, 0.5) is 0 Å². The second-order valence-electron chi connectivity index (χ2n) is 6.04. The minimum atomic E-state index is -3.69. The van der Waals surface area contributed by atoms with Crippen LogP contribution in [0.25, 0.3) is 11.0 Å². The van der Waals surface area contributed by atoms with Gasteiger partial charge in [0, 0.05) is 12.6 Å². The summed E-state index contributed by atoms with van der Waals surface area (Å²) < 4.78 is 42.3. The molecule has 0 N–H and O–H groups in total. The Hall–Kier alpha value is -1.87. The summed E-state index contributed by atoms with van der Waals surface area (Å²) in [6.07, 6.45) is -0.278. The van der Waals surface area contributed by atoms with Crippen molar-refractivity contribution in [3.63, 3.8) is 0 Å². The Labute approximate surface area is 150 Å². The summed E-state index contributed by atoms with van der Waals surface area (Å²) in [5.74, 6) is 0. The molecule has 0 spiro atoms. The van der Waals surface area contributed by atoms with E-state index in [-0.39, 0.29) is 23.6 Å². The maximum atomic E-state index is 13.3. The molecule has 8 heteroatoms. The first-order chi connectivity index (χ1) is 12.1. The third-order valence-electron chi connectivity index (χ3n) is 4.38. The lowest BCUT2D eigenvalue weighted by Gasteiger charge is -2.37. The van der Waals surface area contributed by atoms with E-state index in [4.69, 9.17) is 4.74 Å². The molecule has 1 aliphatic rings. The van der Waals surface area contributed by atoms with Crippen LogP contribution in [0, 0.1) is 0 Å². The van der Waals surface area contributed by atoms with E-state index in [0.717, 1.165) is 17.3 Å². The number of ether oxygens (including phenoxy) is 1. The predicted molar refractivity (Wildman–Crippen MR) is 95.9 cm³/mol. The van der Waals surface area contributed by atoms with E-state index >= 15 is 0 Å². The van der Waals surface area contributed by atoms with Crippen LogP contribution in [0.2, 0.25) is 0 Å². The van der Waals surface area contributed by atoms with E-state index < -0.39 is 10.0 Å². The van der Waals surface area contributed by atoms with Crippen LogP contribution in [0.5, 0.6) is 0 Å². The minimum absolute atomic E-state index is 0.208. The smallest absolute Gasteiger partial charge is 0.245 e. The standard InChI is InChI=1S/C17H17N3O3S2/c1-12-11-23-15(13-6-3-2-4-7-13)10-20(12)25(21,22)16-9-5-8-14-17(16)19-24-18-14/h2-9,12,15H,10-11H2,1H3. The molecule has 1 aromatic heterocycles. The van der Waals surface area contributed by atoms with E-state index in [1.165, 1.54) is 4.31 Å². The van der Waals surface area contributed by atoms with Crippen LogP contribution in [0.1, 0.15) is 18.6 Å². The molecule has 0 amide bonds. The number of sulfonamides is 1. The quantitative estimate of drug-likeness (QED) is 0.704. The Morgan fingerprint density at radius 1 is 1.12 bits per heavy atom. The molecule has 25 heavy (non-hydrogen) atoms. The molecular formula is C17H17N3O3S2. The molecule has 2 aromatic carbocycles. The third kappa shape index (κ3) is 2.95. The van der Waals surface area contributed by atoms with Crippen LogP contribution >= 0.6 is 11.7 Å². The summed E-state index contributed by atoms with van der Waals surface area (Å²) in [7, 11) is -3.69. The van der Waals surface area contributed by atoms with Crippen molar-refractivity contribution in [3.8, 4) is 0 Å². The maximum absolute atomic E-state index is 13.3. The molecule has 2 heterocycles. The maximum Gasteiger partial charge on any atom is 0.245 e. The van der Waals surface area contributed by atoms with Crippen LogP contribution in [-0.4, -0.2) is 40.7 Å². The van der Waals surface area contributed by atoms with Gasteiger partial charge < -0.3 is 4.74 Å². The van der Waals surface area contributed by atoms with Gasteiger partial charge in [-0.1, -0.05) is 36.4 Å². The second kappa shape index (κ2) is 6.45. The zero-order valence-corrected chi connectivity index (χ0v) is 15.2. The molecule has 130 valence electrons. The summed E-state index contributed by atoms with van der Waals surface area (Å²) in [6, 6.07) is 14.5. The highest BCUT2D eigenvalue weighted by Gasteiger charge is 2.37. The van der Waals surface area contributed by atoms with Crippen molar-refractivity contribution in [1.29, 1.82) is 0 Å². The van der Waals surface area contributed by atoms with Gasteiger partial charge in [0.15, 0.2) is 0 Å². The number of fused-ring (bicyclic) bond motifs is 1. The van der Waals surface area contributed by atoms with E-state index in [1.54, 1.807) is 18.2 Å². The molecule has 4 rings (SSSR count). The fourth-order valence-corrected chi connectivity index (χ4v) is 5.43. The molecule has 1 saturated heterocycles. The Morgan fingerprint density at radius 2 is 1.92 bits per heavy atom. The Bertz CT molecular complexity index is 989. The zero-order valence-electron chi connectivity index (χ0n) is 13.6. The molecule has 0 saturated carbocycles. The van der Waals surface area contributed by atoms with Gasteiger partial charge in [-0.25, -0.2) is 8.42 Å². The van der Waals surface area contributed by atoms with Crippen molar-refractivity contribution in [2.24, 2.45) is 0 Å². The third-order valence-corrected chi connectivity index (χ3v) is 6.94. The molecular weight excluding hydrogens is 358 g/mol. The van der Waals surface area contributed by atoms with Gasteiger partial charge >= 0.3 is 0 Å². The fourth-order valence-electron chi connectivity index (χ4n) is 3.05. The highest BCUT2D eigenvalue weighted by atomic mass is 32.2. The molecule has 0 bridgehead atoms. The van der Waals surface area contributed by atoms with E-state index in [1.807, 2.05) is 37.3 Å². The first kappa shape index (κ1) is 16.6. The molecule has 1 aliphatic heterocycles. The predicted octanol–water partition coefficient (Wildman–Crippen LogP) is 2.84. The molecule has 6 nitrogen and oxygen atoms in total. The zero-order chi connectivity index (χ0) is 17.4. The van der Waals surface area contributed by atoms with Gasteiger partial charge in [-0.05, 0) is 24.6 Å². The first-order valence-corrected chi connectivity index (χ1v) is 10.1. The van der Waals surface area contributed by atoms with Gasteiger partial charge in [0.2, 0.25) is 10.0 Å². The number of morpholine rings is 1. The van der Waals surface area contributed by atoms with Crippen LogP contribution in [0.3, 0.4) is 0 Å². The number of rotatable bonds is 3. The summed E-state index contributed by atoms with van der Waals surface area (Å²) in [5.41, 5.74) is 2.01. The van der Waals surface area contributed by atoms with E-state index in [0.29, 0.717) is 17.6 Å². The van der Waals surface area contributed by atoms with Crippen molar-refractivity contribution in [3.05, 3.63) is 54.1 Å². The minimum Gasteiger partial charge on any atom is -0.370 e. The number of benzene rings is 2.